The fraction of sp³-hybridized carbons (Fsp3) is 0.533. The van der Waals surface area contributed by atoms with Crippen LogP contribution in [-0.2, 0) is 5.11 Å². The molecular weight excluding hydrogens is 228 g/mol. The number of hydrogen-bond acceptors (Lipinski definition) is 2. The Bertz CT molecular complexity index is 343. The van der Waals surface area contributed by atoms with E-state index in [9.17, 15) is 9.90 Å². The zero-order valence-corrected chi connectivity index (χ0v) is 11.0. The van der Waals surface area contributed by atoms with Crippen molar-refractivity contribution in [3.05, 3.63) is 29.8 Å². The predicted molar refractivity (Wildman–Crippen MR) is 70.3 cm³/mol. The molecule has 99 valence electrons. The molecule has 3 nitrogen and oxygen atoms in total. The van der Waals surface area contributed by atoms with Gasteiger partial charge in [0.25, 0.3) is 0 Å². The normalized spacial score (nSPS) is 10.3. The molecule has 0 saturated heterocycles. The molecule has 0 fully saturated rings. The lowest BCUT2D eigenvalue weighted by molar-refractivity contribution is 0.0573. The van der Waals surface area contributed by atoms with Gasteiger partial charge in [0.05, 0.1) is 12.2 Å². The Morgan fingerprint density at radius 3 is 2.22 bits per heavy atom. The van der Waals surface area contributed by atoms with E-state index < -0.39 is 5.97 Å². The summed E-state index contributed by atoms with van der Waals surface area (Å²) in [5.41, 5.74) is 0.182. The van der Waals surface area contributed by atoms with Crippen LogP contribution in [0.5, 0.6) is 5.75 Å². The van der Waals surface area contributed by atoms with Gasteiger partial charge in [-0.05, 0) is 30.7 Å². The highest BCUT2D eigenvalue weighted by atomic mass is 16.5. The van der Waals surface area contributed by atoms with E-state index in [1.165, 1.54) is 44.2 Å². The number of benzene rings is 1. The molecule has 0 spiro atoms. The maximum absolute atomic E-state index is 10.5. The van der Waals surface area contributed by atoms with Gasteiger partial charge >= 0.3 is 5.97 Å². The lowest BCUT2D eigenvalue weighted by Gasteiger charge is -2.06. The highest BCUT2D eigenvalue weighted by molar-refractivity contribution is 5.87. The summed E-state index contributed by atoms with van der Waals surface area (Å²) in [6, 6.07) is 6.35. The summed E-state index contributed by atoms with van der Waals surface area (Å²) in [5, 5.41) is 10.5. The summed E-state index contributed by atoms with van der Waals surface area (Å²) in [6.07, 6.45) is 7.38. The molecule has 0 atom stereocenters. The second kappa shape index (κ2) is 8.56. The topological polar surface area (TPSA) is 46.2 Å². The summed E-state index contributed by atoms with van der Waals surface area (Å²) >= 11 is 0. The molecule has 0 aliphatic carbocycles. The average molecular weight is 249 g/mol. The summed E-state index contributed by atoms with van der Waals surface area (Å²) < 4.78 is 5.53. The van der Waals surface area contributed by atoms with Crippen molar-refractivity contribution in [2.45, 2.75) is 45.4 Å². The van der Waals surface area contributed by atoms with Crippen LogP contribution in [0.1, 0.15) is 55.8 Å². The van der Waals surface area contributed by atoms with E-state index in [0.717, 1.165) is 6.42 Å². The molecule has 3 heteroatoms. The van der Waals surface area contributed by atoms with E-state index in [1.54, 1.807) is 12.1 Å². The Morgan fingerprint density at radius 1 is 1.00 bits per heavy atom. The fourth-order valence-electron chi connectivity index (χ4n) is 1.76. The number of hydrogen-bond donors (Lipinski definition) is 0. The Kier molecular flexibility index (Phi) is 6.92. The van der Waals surface area contributed by atoms with Crippen LogP contribution < -0.4 is 4.74 Å². The van der Waals surface area contributed by atoms with Gasteiger partial charge in [-0.1, -0.05) is 39.0 Å². The molecule has 0 heterocycles. The third-order valence-corrected chi connectivity index (χ3v) is 2.86. The smallest absolute Gasteiger partial charge is 0.386 e. The standard InChI is InChI=1S/C15H21O3/c1-2-3-4-5-6-7-12-18-14-10-8-13(9-11-14)15(16)17/h8-11H,2-7,12H2,1H3. The van der Waals surface area contributed by atoms with Gasteiger partial charge in [-0.3, -0.25) is 0 Å². The van der Waals surface area contributed by atoms with Crippen LogP contribution in [0.15, 0.2) is 24.3 Å². The molecule has 18 heavy (non-hydrogen) atoms. The Hall–Kier alpha value is -1.51. The van der Waals surface area contributed by atoms with E-state index in [4.69, 9.17) is 4.74 Å². The van der Waals surface area contributed by atoms with Crippen molar-refractivity contribution in [2.24, 2.45) is 0 Å². The second-order valence-electron chi connectivity index (χ2n) is 4.43. The molecule has 1 aromatic rings. The number of carbonyl (C=O) groups excluding carboxylic acids is 1. The van der Waals surface area contributed by atoms with Gasteiger partial charge in [0.2, 0.25) is 0 Å². The van der Waals surface area contributed by atoms with Crippen LogP contribution in [0.3, 0.4) is 0 Å². The van der Waals surface area contributed by atoms with Crippen LogP contribution in [0.2, 0.25) is 0 Å². The van der Waals surface area contributed by atoms with Crippen molar-refractivity contribution in [3.8, 4) is 5.75 Å². The zero-order valence-electron chi connectivity index (χ0n) is 11.0. The van der Waals surface area contributed by atoms with Gasteiger partial charge in [-0.15, -0.1) is 0 Å². The lowest BCUT2D eigenvalue weighted by Crippen LogP contribution is -1.98. The van der Waals surface area contributed by atoms with Gasteiger partial charge < -0.3 is 4.74 Å². The highest BCUT2D eigenvalue weighted by Gasteiger charge is 2.03. The molecular formula is C15H21O3. The quantitative estimate of drug-likeness (QED) is 0.621. The van der Waals surface area contributed by atoms with Gasteiger partial charge in [0.1, 0.15) is 5.75 Å². The molecule has 0 unspecified atom stereocenters. The first-order valence-corrected chi connectivity index (χ1v) is 6.68. The molecule has 0 aliphatic heterocycles. The third-order valence-electron chi connectivity index (χ3n) is 2.86. The lowest BCUT2D eigenvalue weighted by atomic mass is 10.1. The van der Waals surface area contributed by atoms with Crippen LogP contribution in [0, 0.1) is 0 Å². The minimum Gasteiger partial charge on any atom is -0.494 e. The van der Waals surface area contributed by atoms with E-state index in [-0.39, 0.29) is 5.56 Å². The molecule has 1 radical (unpaired) electrons. The minimum absolute atomic E-state index is 0.182. The van der Waals surface area contributed by atoms with Crippen molar-refractivity contribution in [1.29, 1.82) is 0 Å². The van der Waals surface area contributed by atoms with E-state index >= 15 is 0 Å². The largest absolute Gasteiger partial charge is 0.494 e. The van der Waals surface area contributed by atoms with Gasteiger partial charge in [0, 0.05) is 0 Å². The Morgan fingerprint density at radius 2 is 1.61 bits per heavy atom. The van der Waals surface area contributed by atoms with Gasteiger partial charge in [-0.25, -0.2) is 9.90 Å². The van der Waals surface area contributed by atoms with Crippen molar-refractivity contribution < 1.29 is 14.6 Å². The highest BCUT2D eigenvalue weighted by Crippen LogP contribution is 2.13. The molecule has 0 saturated carbocycles. The molecule has 1 aromatic carbocycles. The second-order valence-corrected chi connectivity index (χ2v) is 4.43. The number of rotatable bonds is 9. The minimum atomic E-state index is -1.16. The summed E-state index contributed by atoms with van der Waals surface area (Å²) in [7, 11) is 0. The Balaban J connectivity index is 2.14. The van der Waals surface area contributed by atoms with Crippen molar-refractivity contribution in [2.75, 3.05) is 6.61 Å². The summed E-state index contributed by atoms with van der Waals surface area (Å²) in [5.74, 6) is -0.439. The van der Waals surface area contributed by atoms with Crippen LogP contribution in [0.25, 0.3) is 0 Å². The molecule has 0 amide bonds. The van der Waals surface area contributed by atoms with E-state index in [2.05, 4.69) is 6.92 Å². The number of unbranched alkanes of at least 4 members (excludes halogenated alkanes) is 5. The number of ether oxygens (including phenoxy) is 1. The van der Waals surface area contributed by atoms with Gasteiger partial charge in [-0.2, -0.15) is 0 Å². The molecule has 0 N–H and O–H groups in total. The monoisotopic (exact) mass is 249 g/mol. The summed E-state index contributed by atoms with van der Waals surface area (Å²) in [6.45, 7) is 2.90. The van der Waals surface area contributed by atoms with Crippen LogP contribution in [-0.4, -0.2) is 12.6 Å². The SMILES string of the molecule is CCCCCCCCOc1ccc(C([O])=O)cc1. The van der Waals surface area contributed by atoms with Crippen molar-refractivity contribution in [1.82, 2.24) is 0 Å². The third kappa shape index (κ3) is 5.71. The summed E-state index contributed by atoms with van der Waals surface area (Å²) in [4.78, 5) is 10.5. The first kappa shape index (κ1) is 14.6. The fourth-order valence-corrected chi connectivity index (χ4v) is 1.76. The average Bonchev–Trinajstić information content (AvgIpc) is 2.38. The maximum atomic E-state index is 10.5. The zero-order chi connectivity index (χ0) is 13.2. The number of carbonyl (C=O) groups is 1. The van der Waals surface area contributed by atoms with E-state index in [1.807, 2.05) is 0 Å². The Labute approximate surface area is 109 Å². The molecule has 0 aliphatic rings. The van der Waals surface area contributed by atoms with Gasteiger partial charge in [0.15, 0.2) is 0 Å². The first-order chi connectivity index (χ1) is 8.74. The first-order valence-electron chi connectivity index (χ1n) is 6.68. The molecule has 0 aromatic heterocycles. The maximum Gasteiger partial charge on any atom is 0.386 e. The molecule has 0 bridgehead atoms. The van der Waals surface area contributed by atoms with Crippen LogP contribution in [0.4, 0.5) is 0 Å². The van der Waals surface area contributed by atoms with Crippen molar-refractivity contribution in [3.63, 3.8) is 0 Å². The van der Waals surface area contributed by atoms with E-state index in [0.29, 0.717) is 12.4 Å². The van der Waals surface area contributed by atoms with Crippen LogP contribution >= 0.6 is 0 Å². The van der Waals surface area contributed by atoms with Crippen molar-refractivity contribution >= 4 is 5.97 Å². The molecule has 1 rings (SSSR count). The predicted octanol–water partition coefficient (Wildman–Crippen LogP) is 4.00.